The van der Waals surface area contributed by atoms with Crippen LogP contribution in [0.15, 0.2) is 49.1 Å². The van der Waals surface area contributed by atoms with Crippen molar-refractivity contribution in [1.29, 1.82) is 0 Å². The van der Waals surface area contributed by atoms with E-state index >= 15 is 0 Å². The maximum absolute atomic E-state index is 6.13. The Hall–Kier alpha value is -3.06. The molecule has 0 unspecified atom stereocenters. The maximum atomic E-state index is 6.13. The number of halogens is 1. The van der Waals surface area contributed by atoms with E-state index in [0.29, 0.717) is 22.8 Å². The summed E-state index contributed by atoms with van der Waals surface area (Å²) in [6.07, 6.45) is 5.18. The Morgan fingerprint density at radius 2 is 1.85 bits per heavy atom. The van der Waals surface area contributed by atoms with Crippen LogP contribution in [-0.2, 0) is 0 Å². The number of nitrogens with one attached hydrogen (secondary N) is 1. The molecule has 0 bridgehead atoms. The van der Waals surface area contributed by atoms with E-state index in [1.54, 1.807) is 24.8 Å². The van der Waals surface area contributed by atoms with Gasteiger partial charge in [-0.05, 0) is 43.6 Å². The van der Waals surface area contributed by atoms with Gasteiger partial charge in [0.25, 0.3) is 0 Å². The number of fused-ring (bicyclic) bond motifs is 1. The van der Waals surface area contributed by atoms with E-state index in [9.17, 15) is 0 Å². The van der Waals surface area contributed by atoms with Gasteiger partial charge in [-0.25, -0.2) is 15.0 Å². The third-order valence-electron chi connectivity index (χ3n) is 3.90. The van der Waals surface area contributed by atoms with Gasteiger partial charge in [-0.1, -0.05) is 12.1 Å². The Bertz CT molecular complexity index is 1060. The number of nitrogens with zero attached hydrogens (tertiary/aromatic N) is 6. The van der Waals surface area contributed by atoms with Gasteiger partial charge < -0.3 is 9.88 Å². The summed E-state index contributed by atoms with van der Waals surface area (Å²) in [6, 6.07) is 9.79. The molecule has 0 spiro atoms. The lowest BCUT2D eigenvalue weighted by Crippen LogP contribution is -2.02. The van der Waals surface area contributed by atoms with E-state index in [-0.39, 0.29) is 11.3 Å². The fraction of sp³-hybridized carbons (Fsp3) is 0.167. The molecule has 26 heavy (non-hydrogen) atoms. The molecule has 3 heterocycles. The van der Waals surface area contributed by atoms with Crippen LogP contribution in [-0.4, -0.2) is 29.5 Å². The zero-order valence-corrected chi connectivity index (χ0v) is 15.0. The quantitative estimate of drug-likeness (QED) is 0.544. The first kappa shape index (κ1) is 16.4. The summed E-state index contributed by atoms with van der Waals surface area (Å²) in [6.45, 7) is 4.13. The summed E-state index contributed by atoms with van der Waals surface area (Å²) >= 11 is 6.13. The van der Waals surface area contributed by atoms with E-state index in [1.807, 2.05) is 28.8 Å². The van der Waals surface area contributed by atoms with E-state index < -0.39 is 0 Å². The van der Waals surface area contributed by atoms with Crippen LogP contribution in [0.5, 0.6) is 0 Å². The zero-order valence-electron chi connectivity index (χ0n) is 14.3. The minimum atomic E-state index is 0.171. The van der Waals surface area contributed by atoms with Crippen molar-refractivity contribution >= 4 is 34.3 Å². The minimum absolute atomic E-state index is 0.171. The molecule has 7 nitrogen and oxygen atoms in total. The molecule has 0 atom stereocenters. The first-order valence-electron chi connectivity index (χ1n) is 8.16. The van der Waals surface area contributed by atoms with Crippen LogP contribution < -0.4 is 5.32 Å². The van der Waals surface area contributed by atoms with E-state index in [1.165, 1.54) is 0 Å². The predicted molar refractivity (Wildman–Crippen MR) is 101 cm³/mol. The minimum Gasteiger partial charge on any atom is -0.338 e. The molecule has 130 valence electrons. The monoisotopic (exact) mass is 365 g/mol. The molecule has 0 saturated carbocycles. The summed E-state index contributed by atoms with van der Waals surface area (Å²) in [4.78, 5) is 21.6. The van der Waals surface area contributed by atoms with Crippen LogP contribution in [0.25, 0.3) is 22.6 Å². The topological polar surface area (TPSA) is 81.4 Å². The number of anilines is 2. The first-order chi connectivity index (χ1) is 12.6. The van der Waals surface area contributed by atoms with Crippen LogP contribution in [0, 0.1) is 0 Å². The lowest BCUT2D eigenvalue weighted by molar-refractivity contribution is 0.612. The van der Waals surface area contributed by atoms with Gasteiger partial charge in [0.05, 0.1) is 6.33 Å². The highest BCUT2D eigenvalue weighted by molar-refractivity contribution is 6.28. The summed E-state index contributed by atoms with van der Waals surface area (Å²) in [5.74, 6) is 1.22. The van der Waals surface area contributed by atoms with Crippen molar-refractivity contribution in [2.75, 3.05) is 5.32 Å². The van der Waals surface area contributed by atoms with Gasteiger partial charge >= 0.3 is 0 Å². The zero-order chi connectivity index (χ0) is 18.1. The van der Waals surface area contributed by atoms with Crippen LogP contribution in [0.3, 0.4) is 0 Å². The number of hydrogen-bond acceptors (Lipinski definition) is 6. The normalized spacial score (nSPS) is 11.2. The van der Waals surface area contributed by atoms with Crippen molar-refractivity contribution in [1.82, 2.24) is 29.5 Å². The van der Waals surface area contributed by atoms with Gasteiger partial charge in [0.2, 0.25) is 5.28 Å². The molecule has 4 rings (SSSR count). The standard InChI is InChI=1S/C18H16ClN7/c1-11(2)26-10-22-14-16(24-18(19)25-17(14)26)23-13-6-3-5-12(9-13)15-20-7-4-8-21-15/h3-11H,1-2H3,(H,23,24,25). The molecular weight excluding hydrogens is 350 g/mol. The van der Waals surface area contributed by atoms with Crippen LogP contribution >= 0.6 is 11.6 Å². The molecule has 0 aliphatic rings. The molecule has 0 radical (unpaired) electrons. The van der Waals surface area contributed by atoms with Gasteiger partial charge in [0, 0.05) is 29.7 Å². The second-order valence-electron chi connectivity index (χ2n) is 6.04. The van der Waals surface area contributed by atoms with Gasteiger partial charge in [0.1, 0.15) is 0 Å². The number of imidazole rings is 1. The average Bonchev–Trinajstić information content (AvgIpc) is 3.07. The molecular formula is C18H16ClN7. The van der Waals surface area contributed by atoms with Crippen LogP contribution in [0.1, 0.15) is 19.9 Å². The molecule has 0 saturated heterocycles. The SMILES string of the molecule is CC(C)n1cnc2c(Nc3cccc(-c4ncccn4)c3)nc(Cl)nc21. The van der Waals surface area contributed by atoms with E-state index in [4.69, 9.17) is 11.6 Å². The Labute approximate surface area is 155 Å². The predicted octanol–water partition coefficient (Wildman–Crippen LogP) is 4.26. The lowest BCUT2D eigenvalue weighted by Gasteiger charge is -2.10. The van der Waals surface area contributed by atoms with E-state index in [2.05, 4.69) is 44.1 Å². The second-order valence-corrected chi connectivity index (χ2v) is 6.38. The van der Waals surface area contributed by atoms with E-state index in [0.717, 1.165) is 11.3 Å². The largest absolute Gasteiger partial charge is 0.338 e. The summed E-state index contributed by atoms with van der Waals surface area (Å²) in [7, 11) is 0. The molecule has 0 amide bonds. The highest BCUT2D eigenvalue weighted by Crippen LogP contribution is 2.27. The Balaban J connectivity index is 1.74. The van der Waals surface area contributed by atoms with Gasteiger partial charge in [0.15, 0.2) is 22.8 Å². The number of rotatable bonds is 4. The molecule has 3 aromatic heterocycles. The maximum Gasteiger partial charge on any atom is 0.226 e. The highest BCUT2D eigenvalue weighted by Gasteiger charge is 2.14. The second kappa shape index (κ2) is 6.68. The third-order valence-corrected chi connectivity index (χ3v) is 4.07. The smallest absolute Gasteiger partial charge is 0.226 e. The van der Waals surface area contributed by atoms with Crippen LogP contribution in [0.2, 0.25) is 5.28 Å². The van der Waals surface area contributed by atoms with Crippen molar-refractivity contribution in [2.45, 2.75) is 19.9 Å². The molecule has 4 aromatic rings. The fourth-order valence-corrected chi connectivity index (χ4v) is 2.84. The Kier molecular flexibility index (Phi) is 4.22. The lowest BCUT2D eigenvalue weighted by atomic mass is 10.2. The number of aromatic nitrogens is 6. The highest BCUT2D eigenvalue weighted by atomic mass is 35.5. The summed E-state index contributed by atoms with van der Waals surface area (Å²) in [5, 5.41) is 3.45. The third kappa shape index (κ3) is 3.09. The van der Waals surface area contributed by atoms with Crippen molar-refractivity contribution in [3.63, 3.8) is 0 Å². The van der Waals surface area contributed by atoms with Crippen molar-refractivity contribution in [3.05, 3.63) is 54.3 Å². The Morgan fingerprint density at radius 1 is 1.04 bits per heavy atom. The van der Waals surface area contributed by atoms with Crippen molar-refractivity contribution in [2.24, 2.45) is 0 Å². The van der Waals surface area contributed by atoms with Gasteiger partial charge in [-0.2, -0.15) is 9.97 Å². The molecule has 0 fully saturated rings. The Morgan fingerprint density at radius 3 is 2.62 bits per heavy atom. The fourth-order valence-electron chi connectivity index (χ4n) is 2.68. The molecule has 8 heteroatoms. The molecule has 1 N–H and O–H groups in total. The number of benzene rings is 1. The van der Waals surface area contributed by atoms with Crippen molar-refractivity contribution < 1.29 is 0 Å². The van der Waals surface area contributed by atoms with Crippen molar-refractivity contribution in [3.8, 4) is 11.4 Å². The summed E-state index contributed by atoms with van der Waals surface area (Å²) in [5.41, 5.74) is 3.11. The molecule has 0 aliphatic heterocycles. The number of hydrogen-bond donors (Lipinski definition) is 1. The average molecular weight is 366 g/mol. The van der Waals surface area contributed by atoms with Gasteiger partial charge in [-0.15, -0.1) is 0 Å². The first-order valence-corrected chi connectivity index (χ1v) is 8.54. The van der Waals surface area contributed by atoms with Gasteiger partial charge in [-0.3, -0.25) is 0 Å². The molecule has 0 aliphatic carbocycles. The molecule has 1 aromatic carbocycles. The summed E-state index contributed by atoms with van der Waals surface area (Å²) < 4.78 is 1.96. The van der Waals surface area contributed by atoms with Crippen LogP contribution in [0.4, 0.5) is 11.5 Å².